The van der Waals surface area contributed by atoms with E-state index in [0.29, 0.717) is 13.2 Å². The number of amides is 2. The van der Waals surface area contributed by atoms with Gasteiger partial charge in [0.2, 0.25) is 11.8 Å². The van der Waals surface area contributed by atoms with Crippen molar-refractivity contribution < 1.29 is 14.3 Å². The number of ether oxygens (including phenoxy) is 1. The van der Waals surface area contributed by atoms with Gasteiger partial charge in [-0.1, -0.05) is 6.42 Å². The molecule has 6 heteroatoms. The van der Waals surface area contributed by atoms with Crippen molar-refractivity contribution in [3.8, 4) is 0 Å². The van der Waals surface area contributed by atoms with Gasteiger partial charge in [-0.25, -0.2) is 0 Å². The normalized spacial score (nSPS) is 33.3. The lowest BCUT2D eigenvalue weighted by molar-refractivity contribution is -0.135. The summed E-state index contributed by atoms with van der Waals surface area (Å²) in [5, 5.41) is 6.29. The van der Waals surface area contributed by atoms with E-state index in [4.69, 9.17) is 4.74 Å². The summed E-state index contributed by atoms with van der Waals surface area (Å²) in [6.45, 7) is 3.26. The summed E-state index contributed by atoms with van der Waals surface area (Å²) in [5.41, 5.74) is 0. The van der Waals surface area contributed by atoms with E-state index in [2.05, 4.69) is 10.6 Å². The molecule has 1 aliphatic carbocycles. The molecule has 2 unspecified atom stereocenters. The molecule has 0 radical (unpaired) electrons. The lowest BCUT2D eigenvalue weighted by atomic mass is 9.84. The summed E-state index contributed by atoms with van der Waals surface area (Å²) in [7, 11) is 3.57. The van der Waals surface area contributed by atoms with Crippen molar-refractivity contribution in [2.75, 3.05) is 27.2 Å². The lowest BCUT2D eigenvalue weighted by Gasteiger charge is -2.34. The minimum Gasteiger partial charge on any atom is -0.375 e. The van der Waals surface area contributed by atoms with Crippen molar-refractivity contribution in [2.45, 2.75) is 50.8 Å². The third kappa shape index (κ3) is 4.17. The second-order valence-electron chi connectivity index (χ2n) is 6.31. The number of rotatable bonds is 3. The molecule has 2 aliphatic rings. The summed E-state index contributed by atoms with van der Waals surface area (Å²) >= 11 is 0. The van der Waals surface area contributed by atoms with Crippen molar-refractivity contribution in [3.63, 3.8) is 0 Å². The van der Waals surface area contributed by atoms with Gasteiger partial charge < -0.3 is 20.3 Å². The van der Waals surface area contributed by atoms with Crippen LogP contribution in [0.4, 0.5) is 0 Å². The standard InChI is InChI=1S/C15H27N3O3/c1-10-13(16-7-8-21-10)14(19)17-12-6-4-5-11(9-12)15(20)18(2)3/h10-13,16H,4-9H2,1-3H3,(H,17,19)/t10-,11?,12?,13+/m1/s1. The first kappa shape index (κ1) is 16.2. The fraction of sp³-hybridized carbons (Fsp3) is 0.867. The van der Waals surface area contributed by atoms with Crippen LogP contribution in [0.2, 0.25) is 0 Å². The number of nitrogens with one attached hydrogen (secondary N) is 2. The van der Waals surface area contributed by atoms with E-state index in [9.17, 15) is 9.59 Å². The average molecular weight is 297 g/mol. The van der Waals surface area contributed by atoms with Crippen LogP contribution in [-0.2, 0) is 14.3 Å². The van der Waals surface area contributed by atoms with Crippen LogP contribution >= 0.6 is 0 Å². The van der Waals surface area contributed by atoms with Crippen LogP contribution in [0.5, 0.6) is 0 Å². The predicted molar refractivity (Wildman–Crippen MR) is 79.8 cm³/mol. The smallest absolute Gasteiger partial charge is 0.240 e. The van der Waals surface area contributed by atoms with Gasteiger partial charge in [0.25, 0.3) is 0 Å². The van der Waals surface area contributed by atoms with Gasteiger partial charge in [0.1, 0.15) is 6.04 Å². The molecule has 1 saturated carbocycles. The Bertz CT molecular complexity index is 386. The molecule has 1 saturated heterocycles. The van der Waals surface area contributed by atoms with E-state index in [1.54, 1.807) is 19.0 Å². The van der Waals surface area contributed by atoms with E-state index in [0.717, 1.165) is 25.7 Å². The van der Waals surface area contributed by atoms with Crippen LogP contribution in [-0.4, -0.2) is 62.1 Å². The molecule has 0 aromatic carbocycles. The van der Waals surface area contributed by atoms with Crippen molar-refractivity contribution in [1.29, 1.82) is 0 Å². The number of morpholine rings is 1. The summed E-state index contributed by atoms with van der Waals surface area (Å²) in [5.74, 6) is 0.193. The molecule has 2 N–H and O–H groups in total. The highest BCUT2D eigenvalue weighted by Crippen LogP contribution is 2.25. The number of nitrogens with zero attached hydrogens (tertiary/aromatic N) is 1. The Morgan fingerprint density at radius 2 is 2.05 bits per heavy atom. The molecule has 4 atom stereocenters. The molecule has 0 bridgehead atoms. The Hall–Kier alpha value is -1.14. The molecule has 0 spiro atoms. The molecular weight excluding hydrogens is 270 g/mol. The SMILES string of the molecule is C[C@H]1OCCN[C@@H]1C(=O)NC1CCCC(C(=O)N(C)C)C1. The van der Waals surface area contributed by atoms with Gasteiger partial charge in [0, 0.05) is 32.6 Å². The van der Waals surface area contributed by atoms with Crippen LogP contribution in [0.15, 0.2) is 0 Å². The first-order valence-corrected chi connectivity index (χ1v) is 7.85. The average Bonchev–Trinajstić information content (AvgIpc) is 2.47. The minimum absolute atomic E-state index is 0.00912. The largest absolute Gasteiger partial charge is 0.375 e. The Kier molecular flexibility index (Phi) is 5.58. The van der Waals surface area contributed by atoms with Gasteiger partial charge in [-0.2, -0.15) is 0 Å². The highest BCUT2D eigenvalue weighted by atomic mass is 16.5. The molecule has 2 amide bonds. The molecule has 0 aromatic rings. The van der Waals surface area contributed by atoms with Crippen LogP contribution in [0.25, 0.3) is 0 Å². The highest BCUT2D eigenvalue weighted by Gasteiger charge is 2.33. The highest BCUT2D eigenvalue weighted by molar-refractivity contribution is 5.83. The van der Waals surface area contributed by atoms with E-state index in [1.165, 1.54) is 0 Å². The van der Waals surface area contributed by atoms with E-state index >= 15 is 0 Å². The molecule has 1 heterocycles. The third-order valence-electron chi connectivity index (χ3n) is 4.41. The molecular formula is C15H27N3O3. The topological polar surface area (TPSA) is 70.7 Å². The molecule has 21 heavy (non-hydrogen) atoms. The van der Waals surface area contributed by atoms with E-state index in [-0.39, 0.29) is 35.9 Å². The van der Waals surface area contributed by atoms with Crippen LogP contribution in [0.1, 0.15) is 32.6 Å². The summed E-state index contributed by atoms with van der Waals surface area (Å²) in [6.07, 6.45) is 3.49. The zero-order chi connectivity index (χ0) is 15.4. The Morgan fingerprint density at radius 3 is 2.71 bits per heavy atom. The van der Waals surface area contributed by atoms with Crippen molar-refractivity contribution in [3.05, 3.63) is 0 Å². The lowest BCUT2D eigenvalue weighted by Crippen LogP contribution is -2.57. The zero-order valence-corrected chi connectivity index (χ0v) is 13.2. The predicted octanol–water partition coefficient (Wildman–Crippen LogP) is 0.127. The van der Waals surface area contributed by atoms with Gasteiger partial charge in [0.15, 0.2) is 0 Å². The van der Waals surface area contributed by atoms with Gasteiger partial charge in [-0.15, -0.1) is 0 Å². The zero-order valence-electron chi connectivity index (χ0n) is 13.2. The molecule has 1 aliphatic heterocycles. The summed E-state index contributed by atoms with van der Waals surface area (Å²) < 4.78 is 5.51. The van der Waals surface area contributed by atoms with Crippen molar-refractivity contribution in [1.82, 2.24) is 15.5 Å². The summed E-state index contributed by atoms with van der Waals surface area (Å²) in [6, 6.07) is -0.195. The number of carbonyl (C=O) groups is 2. The van der Waals surface area contributed by atoms with Crippen LogP contribution in [0, 0.1) is 5.92 Å². The van der Waals surface area contributed by atoms with Crippen molar-refractivity contribution >= 4 is 11.8 Å². The third-order valence-corrected chi connectivity index (χ3v) is 4.41. The molecule has 2 fully saturated rings. The molecule has 0 aromatic heterocycles. The Morgan fingerprint density at radius 1 is 1.29 bits per heavy atom. The summed E-state index contributed by atoms with van der Waals surface area (Å²) in [4.78, 5) is 26.0. The monoisotopic (exact) mass is 297 g/mol. The number of hydrogen-bond donors (Lipinski definition) is 2. The number of carbonyl (C=O) groups excluding carboxylic acids is 2. The first-order chi connectivity index (χ1) is 9.99. The molecule has 6 nitrogen and oxygen atoms in total. The Labute approximate surface area is 126 Å². The Balaban J connectivity index is 1.87. The maximum absolute atomic E-state index is 12.3. The van der Waals surface area contributed by atoms with Crippen molar-refractivity contribution in [2.24, 2.45) is 5.92 Å². The minimum atomic E-state index is -0.288. The quantitative estimate of drug-likeness (QED) is 0.777. The van der Waals surface area contributed by atoms with E-state index < -0.39 is 0 Å². The van der Waals surface area contributed by atoms with Gasteiger partial charge in [0.05, 0.1) is 12.7 Å². The molecule has 120 valence electrons. The fourth-order valence-electron chi connectivity index (χ4n) is 3.23. The first-order valence-electron chi connectivity index (χ1n) is 7.85. The van der Waals surface area contributed by atoms with Crippen LogP contribution in [0.3, 0.4) is 0 Å². The molecule has 2 rings (SSSR count). The second-order valence-corrected chi connectivity index (χ2v) is 6.31. The van der Waals surface area contributed by atoms with Gasteiger partial charge in [-0.05, 0) is 26.2 Å². The van der Waals surface area contributed by atoms with E-state index in [1.807, 2.05) is 6.92 Å². The fourth-order valence-corrected chi connectivity index (χ4v) is 3.23. The maximum atomic E-state index is 12.3. The van der Waals surface area contributed by atoms with Gasteiger partial charge >= 0.3 is 0 Å². The second kappa shape index (κ2) is 7.22. The van der Waals surface area contributed by atoms with Crippen LogP contribution < -0.4 is 10.6 Å². The number of hydrogen-bond acceptors (Lipinski definition) is 4. The maximum Gasteiger partial charge on any atom is 0.240 e. The van der Waals surface area contributed by atoms with Gasteiger partial charge in [-0.3, -0.25) is 9.59 Å².